The number of amides is 1. The van der Waals surface area contributed by atoms with Crippen LogP contribution >= 0.6 is 0 Å². The number of piperazine rings is 1. The molecule has 0 radical (unpaired) electrons. The van der Waals surface area contributed by atoms with E-state index < -0.39 is 0 Å². The van der Waals surface area contributed by atoms with Crippen LogP contribution in [0.2, 0.25) is 0 Å². The Balaban J connectivity index is 1.49. The van der Waals surface area contributed by atoms with Gasteiger partial charge in [-0.05, 0) is 25.5 Å². The molecule has 0 saturated carbocycles. The topological polar surface area (TPSA) is 63.5 Å². The minimum atomic E-state index is 0.0956. The first-order valence-corrected chi connectivity index (χ1v) is 10.3. The number of rotatable bonds is 6. The van der Waals surface area contributed by atoms with E-state index in [1.54, 1.807) is 12.3 Å². The fraction of sp³-hybridized carbons (Fsp3) is 0.409. The van der Waals surface area contributed by atoms with E-state index in [1.807, 2.05) is 30.0 Å². The number of hydrogen-bond acceptors (Lipinski definition) is 5. The minimum Gasteiger partial charge on any atom is -0.478 e. The summed E-state index contributed by atoms with van der Waals surface area (Å²) >= 11 is 0. The summed E-state index contributed by atoms with van der Waals surface area (Å²) in [5.74, 6) is 1.33. The maximum atomic E-state index is 13.3. The third-order valence-electron chi connectivity index (χ3n) is 5.24. The summed E-state index contributed by atoms with van der Waals surface area (Å²) in [6.07, 6.45) is 2.70. The molecule has 1 fully saturated rings. The van der Waals surface area contributed by atoms with E-state index in [2.05, 4.69) is 38.5 Å². The number of carbonyl (C=O) groups excluding carboxylic acids is 1. The summed E-state index contributed by atoms with van der Waals surface area (Å²) in [6, 6.07) is 12.0. The number of aryl methyl sites for hydroxylation is 1. The number of hydrogen-bond donors (Lipinski definition) is 0. The van der Waals surface area contributed by atoms with E-state index in [0.717, 1.165) is 29.6 Å². The van der Waals surface area contributed by atoms with E-state index in [-0.39, 0.29) is 5.91 Å². The van der Waals surface area contributed by atoms with Gasteiger partial charge < -0.3 is 19.1 Å². The van der Waals surface area contributed by atoms with Gasteiger partial charge in [-0.25, -0.2) is 4.98 Å². The van der Waals surface area contributed by atoms with Crippen molar-refractivity contribution in [2.45, 2.75) is 26.8 Å². The van der Waals surface area contributed by atoms with E-state index in [0.29, 0.717) is 44.6 Å². The number of fused-ring (bicyclic) bond motifs is 1. The quantitative estimate of drug-likeness (QED) is 0.644. The van der Waals surface area contributed by atoms with Crippen LogP contribution in [-0.4, -0.2) is 58.1 Å². The molecule has 0 unspecified atom stereocenters. The highest BCUT2D eigenvalue weighted by Crippen LogP contribution is 2.23. The molecule has 1 saturated heterocycles. The normalized spacial score (nSPS) is 14.4. The highest BCUT2D eigenvalue weighted by atomic mass is 16.5. The first kappa shape index (κ1) is 19.2. The Morgan fingerprint density at radius 2 is 1.90 bits per heavy atom. The molecule has 7 heteroatoms. The smallest absolute Gasteiger partial charge is 0.270 e. The van der Waals surface area contributed by atoms with Crippen molar-refractivity contribution < 1.29 is 9.53 Å². The third-order valence-corrected chi connectivity index (χ3v) is 5.24. The zero-order chi connectivity index (χ0) is 20.2. The predicted molar refractivity (Wildman–Crippen MR) is 114 cm³/mol. The van der Waals surface area contributed by atoms with Crippen LogP contribution in [0.1, 0.15) is 30.8 Å². The average molecular weight is 393 g/mol. The van der Waals surface area contributed by atoms with Crippen LogP contribution in [0.4, 0.5) is 5.95 Å². The summed E-state index contributed by atoms with van der Waals surface area (Å²) in [5.41, 5.74) is 1.90. The van der Waals surface area contributed by atoms with Gasteiger partial charge in [-0.2, -0.15) is 4.98 Å². The van der Waals surface area contributed by atoms with Gasteiger partial charge in [0.15, 0.2) is 0 Å². The number of benzene rings is 1. The highest BCUT2D eigenvalue weighted by molar-refractivity contribution is 5.98. The van der Waals surface area contributed by atoms with Gasteiger partial charge >= 0.3 is 0 Å². The van der Waals surface area contributed by atoms with Crippen LogP contribution in [0, 0.1) is 0 Å². The fourth-order valence-electron chi connectivity index (χ4n) is 3.84. The minimum absolute atomic E-state index is 0.0956. The summed E-state index contributed by atoms with van der Waals surface area (Å²) in [6.45, 7) is 8.19. The summed E-state index contributed by atoms with van der Waals surface area (Å²) in [5, 5.41) is 1.11. The monoisotopic (exact) mass is 393 g/mol. The van der Waals surface area contributed by atoms with Gasteiger partial charge in [-0.15, -0.1) is 0 Å². The largest absolute Gasteiger partial charge is 0.478 e. The molecule has 2 aromatic heterocycles. The van der Waals surface area contributed by atoms with Crippen molar-refractivity contribution in [1.82, 2.24) is 19.4 Å². The SMILES string of the molecule is CCCn1c(C(=O)N2CCN(c3nccc(OCC)n3)CC2)cc2ccccc21. The Hall–Kier alpha value is -3.09. The first-order valence-electron chi connectivity index (χ1n) is 10.3. The molecule has 1 aliphatic heterocycles. The number of carbonyl (C=O) groups is 1. The molecule has 4 rings (SSSR count). The number of aromatic nitrogens is 3. The van der Waals surface area contributed by atoms with Crippen molar-refractivity contribution in [3.8, 4) is 5.88 Å². The number of nitrogens with zero attached hydrogens (tertiary/aromatic N) is 5. The summed E-state index contributed by atoms with van der Waals surface area (Å²) < 4.78 is 7.63. The second kappa shape index (κ2) is 8.51. The molecule has 152 valence electrons. The van der Waals surface area contributed by atoms with Crippen LogP contribution in [-0.2, 0) is 6.54 Å². The lowest BCUT2D eigenvalue weighted by Gasteiger charge is -2.34. The summed E-state index contributed by atoms with van der Waals surface area (Å²) in [4.78, 5) is 26.2. The molecule has 1 amide bonds. The molecule has 0 N–H and O–H groups in total. The maximum absolute atomic E-state index is 13.3. The van der Waals surface area contributed by atoms with Gasteiger partial charge in [0.2, 0.25) is 11.8 Å². The lowest BCUT2D eigenvalue weighted by molar-refractivity contribution is 0.0735. The van der Waals surface area contributed by atoms with Crippen LogP contribution in [0.5, 0.6) is 5.88 Å². The molecule has 0 atom stereocenters. The fourth-order valence-corrected chi connectivity index (χ4v) is 3.84. The average Bonchev–Trinajstić information content (AvgIpc) is 3.13. The van der Waals surface area contributed by atoms with Crippen LogP contribution < -0.4 is 9.64 Å². The highest BCUT2D eigenvalue weighted by Gasteiger charge is 2.26. The third kappa shape index (κ3) is 3.90. The van der Waals surface area contributed by atoms with Crippen molar-refractivity contribution in [2.75, 3.05) is 37.7 Å². The van der Waals surface area contributed by atoms with E-state index in [4.69, 9.17) is 4.74 Å². The molecule has 1 aliphatic rings. The van der Waals surface area contributed by atoms with Crippen molar-refractivity contribution >= 4 is 22.8 Å². The Morgan fingerprint density at radius 1 is 1.10 bits per heavy atom. The Kier molecular flexibility index (Phi) is 5.64. The van der Waals surface area contributed by atoms with Crippen molar-refractivity contribution in [1.29, 1.82) is 0 Å². The Bertz CT molecular complexity index is 992. The zero-order valence-corrected chi connectivity index (χ0v) is 17.0. The van der Waals surface area contributed by atoms with Gasteiger partial charge in [0.05, 0.1) is 6.61 Å². The molecule has 7 nitrogen and oxygen atoms in total. The van der Waals surface area contributed by atoms with Crippen LogP contribution in [0.15, 0.2) is 42.6 Å². The molecule has 29 heavy (non-hydrogen) atoms. The lowest BCUT2D eigenvalue weighted by Crippen LogP contribution is -2.49. The lowest BCUT2D eigenvalue weighted by atomic mass is 10.2. The van der Waals surface area contributed by atoms with E-state index >= 15 is 0 Å². The van der Waals surface area contributed by atoms with Gasteiger partial charge in [0, 0.05) is 55.9 Å². The van der Waals surface area contributed by atoms with Crippen molar-refractivity contribution in [3.05, 3.63) is 48.3 Å². The Labute approximate surface area is 170 Å². The molecule has 0 aliphatic carbocycles. The number of anilines is 1. The zero-order valence-electron chi connectivity index (χ0n) is 17.0. The van der Waals surface area contributed by atoms with E-state index in [1.165, 1.54) is 0 Å². The van der Waals surface area contributed by atoms with Crippen LogP contribution in [0.25, 0.3) is 10.9 Å². The van der Waals surface area contributed by atoms with Gasteiger partial charge in [-0.3, -0.25) is 4.79 Å². The van der Waals surface area contributed by atoms with Gasteiger partial charge in [-0.1, -0.05) is 25.1 Å². The molecular formula is C22H27N5O2. The maximum Gasteiger partial charge on any atom is 0.270 e. The molecular weight excluding hydrogens is 366 g/mol. The Morgan fingerprint density at radius 3 is 2.66 bits per heavy atom. The molecule has 0 spiro atoms. The molecule has 0 bridgehead atoms. The molecule has 1 aromatic carbocycles. The second-order valence-corrected chi connectivity index (χ2v) is 7.15. The van der Waals surface area contributed by atoms with Gasteiger partial charge in [0.25, 0.3) is 5.91 Å². The van der Waals surface area contributed by atoms with E-state index in [9.17, 15) is 4.79 Å². The number of ether oxygens (including phenoxy) is 1. The van der Waals surface area contributed by atoms with Crippen LogP contribution in [0.3, 0.4) is 0 Å². The standard InChI is InChI=1S/C22H27N5O2/c1-3-11-27-18-8-6-5-7-17(18)16-19(27)21(28)25-12-14-26(15-13-25)22-23-10-9-20(24-22)29-4-2/h5-10,16H,3-4,11-15H2,1-2H3. The first-order chi connectivity index (χ1) is 14.2. The summed E-state index contributed by atoms with van der Waals surface area (Å²) in [7, 11) is 0. The molecule has 3 aromatic rings. The van der Waals surface area contributed by atoms with Crippen molar-refractivity contribution in [3.63, 3.8) is 0 Å². The van der Waals surface area contributed by atoms with Gasteiger partial charge in [0.1, 0.15) is 5.69 Å². The predicted octanol–water partition coefficient (Wildman–Crippen LogP) is 3.20. The number of para-hydroxylation sites is 1. The second-order valence-electron chi connectivity index (χ2n) is 7.15. The van der Waals surface area contributed by atoms with Crippen molar-refractivity contribution in [2.24, 2.45) is 0 Å². The molecule has 3 heterocycles.